The van der Waals surface area contributed by atoms with Gasteiger partial charge in [0, 0.05) is 12.1 Å². The van der Waals surface area contributed by atoms with Crippen molar-refractivity contribution in [2.45, 2.75) is 45.8 Å². The van der Waals surface area contributed by atoms with Gasteiger partial charge in [0.15, 0.2) is 0 Å². The monoisotopic (exact) mass is 202 g/mol. The minimum Gasteiger partial charge on any atom is -0.391 e. The minimum absolute atomic E-state index is 0.0548. The van der Waals surface area contributed by atoms with Crippen LogP contribution in [0, 0.1) is 0 Å². The molecule has 1 amide bonds. The molecular weight excluding hydrogens is 180 g/mol. The largest absolute Gasteiger partial charge is 0.391 e. The maximum atomic E-state index is 11.2. The highest BCUT2D eigenvalue weighted by Crippen LogP contribution is 1.96. The van der Waals surface area contributed by atoms with E-state index in [1.807, 2.05) is 27.7 Å². The summed E-state index contributed by atoms with van der Waals surface area (Å²) in [5.41, 5.74) is -0.0548. The Kier molecular flexibility index (Phi) is 5.72. The number of carbonyl (C=O) groups is 1. The van der Waals surface area contributed by atoms with E-state index in [1.54, 1.807) is 0 Å². The summed E-state index contributed by atoms with van der Waals surface area (Å²) in [5, 5.41) is 14.9. The first-order valence-corrected chi connectivity index (χ1v) is 5.05. The van der Waals surface area contributed by atoms with Crippen LogP contribution >= 0.6 is 0 Å². The van der Waals surface area contributed by atoms with Crippen molar-refractivity contribution in [1.29, 1.82) is 0 Å². The van der Waals surface area contributed by atoms with Crippen LogP contribution in [0.2, 0.25) is 0 Å². The molecule has 0 aromatic rings. The summed E-state index contributed by atoms with van der Waals surface area (Å²) in [7, 11) is 0. The van der Waals surface area contributed by atoms with E-state index in [1.165, 1.54) is 0 Å². The second-order valence-electron chi connectivity index (χ2n) is 4.47. The summed E-state index contributed by atoms with van der Waals surface area (Å²) >= 11 is 0. The highest BCUT2D eigenvalue weighted by Gasteiger charge is 2.11. The maximum absolute atomic E-state index is 11.2. The lowest BCUT2D eigenvalue weighted by atomic mass is 10.1. The average molecular weight is 202 g/mol. The molecule has 0 saturated heterocycles. The van der Waals surface area contributed by atoms with Crippen molar-refractivity contribution in [2.75, 3.05) is 13.1 Å². The van der Waals surface area contributed by atoms with Gasteiger partial charge < -0.3 is 15.7 Å². The van der Waals surface area contributed by atoms with Gasteiger partial charge in [0.05, 0.1) is 12.6 Å². The molecule has 0 aromatic heterocycles. The third-order valence-corrected chi connectivity index (χ3v) is 1.79. The fraction of sp³-hybridized carbons (Fsp3) is 0.900. The molecule has 0 heterocycles. The van der Waals surface area contributed by atoms with Gasteiger partial charge in [-0.1, -0.05) is 6.92 Å². The van der Waals surface area contributed by atoms with Crippen LogP contribution in [0.15, 0.2) is 0 Å². The van der Waals surface area contributed by atoms with Gasteiger partial charge in [0.2, 0.25) is 5.91 Å². The van der Waals surface area contributed by atoms with E-state index in [0.29, 0.717) is 19.5 Å². The predicted molar refractivity (Wildman–Crippen MR) is 57.1 cm³/mol. The molecule has 0 spiro atoms. The molecule has 0 radical (unpaired) electrons. The van der Waals surface area contributed by atoms with Gasteiger partial charge in [0.25, 0.3) is 0 Å². The number of rotatable bonds is 5. The first kappa shape index (κ1) is 13.4. The van der Waals surface area contributed by atoms with E-state index in [4.69, 9.17) is 0 Å². The average Bonchev–Trinajstić information content (AvgIpc) is 2.09. The van der Waals surface area contributed by atoms with E-state index in [0.717, 1.165) is 0 Å². The molecule has 0 aliphatic carbocycles. The molecule has 0 fully saturated rings. The normalized spacial score (nSPS) is 13.8. The van der Waals surface area contributed by atoms with E-state index in [-0.39, 0.29) is 11.4 Å². The Labute approximate surface area is 86.1 Å². The molecular formula is C10H22N2O2. The smallest absolute Gasteiger partial charge is 0.234 e. The zero-order chi connectivity index (χ0) is 11.2. The van der Waals surface area contributed by atoms with Crippen LogP contribution in [0.3, 0.4) is 0 Å². The summed E-state index contributed by atoms with van der Waals surface area (Å²) in [4.78, 5) is 11.2. The van der Waals surface area contributed by atoms with E-state index < -0.39 is 6.10 Å². The highest BCUT2D eigenvalue weighted by molar-refractivity contribution is 5.78. The molecule has 4 nitrogen and oxygen atoms in total. The summed E-state index contributed by atoms with van der Waals surface area (Å²) in [5.74, 6) is -0.0765. The quantitative estimate of drug-likeness (QED) is 0.599. The Bertz CT molecular complexity index is 175. The van der Waals surface area contributed by atoms with Crippen LogP contribution in [0.5, 0.6) is 0 Å². The van der Waals surface area contributed by atoms with Gasteiger partial charge >= 0.3 is 0 Å². The Morgan fingerprint density at radius 2 is 2.00 bits per heavy atom. The number of hydrogen-bond acceptors (Lipinski definition) is 3. The van der Waals surface area contributed by atoms with Crippen molar-refractivity contribution in [3.63, 3.8) is 0 Å². The first-order chi connectivity index (χ1) is 6.35. The molecule has 1 atom stereocenters. The highest BCUT2D eigenvalue weighted by atomic mass is 16.3. The van der Waals surface area contributed by atoms with Crippen molar-refractivity contribution in [3.05, 3.63) is 0 Å². The fourth-order valence-electron chi connectivity index (χ4n) is 0.784. The summed E-state index contributed by atoms with van der Waals surface area (Å²) in [6, 6.07) is 0. The number of aliphatic hydroxyl groups excluding tert-OH is 1. The third kappa shape index (κ3) is 8.01. The Morgan fingerprint density at radius 3 is 2.43 bits per heavy atom. The molecule has 0 saturated carbocycles. The van der Waals surface area contributed by atoms with Crippen LogP contribution in [0.4, 0.5) is 0 Å². The van der Waals surface area contributed by atoms with Crippen molar-refractivity contribution in [3.8, 4) is 0 Å². The molecule has 14 heavy (non-hydrogen) atoms. The van der Waals surface area contributed by atoms with Crippen LogP contribution in [-0.4, -0.2) is 35.7 Å². The molecule has 84 valence electrons. The van der Waals surface area contributed by atoms with Crippen LogP contribution in [-0.2, 0) is 4.79 Å². The summed E-state index contributed by atoms with van der Waals surface area (Å²) < 4.78 is 0. The molecule has 0 rings (SSSR count). The SMILES string of the molecule is CCC(O)CNC(=O)CNC(C)(C)C. The van der Waals surface area contributed by atoms with E-state index in [2.05, 4.69) is 10.6 Å². The second-order valence-corrected chi connectivity index (χ2v) is 4.47. The lowest BCUT2D eigenvalue weighted by Gasteiger charge is -2.20. The van der Waals surface area contributed by atoms with Crippen molar-refractivity contribution >= 4 is 5.91 Å². The van der Waals surface area contributed by atoms with Gasteiger partial charge in [-0.2, -0.15) is 0 Å². The van der Waals surface area contributed by atoms with Gasteiger partial charge in [0.1, 0.15) is 0 Å². The molecule has 1 unspecified atom stereocenters. The predicted octanol–water partition coefficient (Wildman–Crippen LogP) is 0.262. The molecule has 0 aliphatic rings. The lowest BCUT2D eigenvalue weighted by Crippen LogP contribution is -2.44. The third-order valence-electron chi connectivity index (χ3n) is 1.79. The molecule has 0 aliphatic heterocycles. The topological polar surface area (TPSA) is 61.4 Å². The minimum atomic E-state index is -0.436. The van der Waals surface area contributed by atoms with E-state index >= 15 is 0 Å². The molecule has 0 bridgehead atoms. The number of amides is 1. The Hall–Kier alpha value is -0.610. The lowest BCUT2D eigenvalue weighted by molar-refractivity contribution is -0.121. The van der Waals surface area contributed by atoms with Crippen LogP contribution in [0.25, 0.3) is 0 Å². The number of nitrogens with one attached hydrogen (secondary N) is 2. The molecule has 4 heteroatoms. The van der Waals surface area contributed by atoms with Crippen LogP contribution < -0.4 is 10.6 Å². The van der Waals surface area contributed by atoms with Crippen molar-refractivity contribution < 1.29 is 9.90 Å². The Morgan fingerprint density at radius 1 is 1.43 bits per heavy atom. The van der Waals surface area contributed by atoms with Crippen LogP contribution in [0.1, 0.15) is 34.1 Å². The second kappa shape index (κ2) is 5.98. The first-order valence-electron chi connectivity index (χ1n) is 5.05. The van der Waals surface area contributed by atoms with Crippen molar-refractivity contribution in [1.82, 2.24) is 10.6 Å². The van der Waals surface area contributed by atoms with E-state index in [9.17, 15) is 9.90 Å². The zero-order valence-corrected chi connectivity index (χ0v) is 9.55. The van der Waals surface area contributed by atoms with Gasteiger partial charge in [-0.15, -0.1) is 0 Å². The number of carbonyl (C=O) groups excluding carboxylic acids is 1. The standard InChI is InChI=1S/C10H22N2O2/c1-5-8(13)6-11-9(14)7-12-10(2,3)4/h8,12-13H,5-7H2,1-4H3,(H,11,14). The number of hydrogen-bond donors (Lipinski definition) is 3. The summed E-state index contributed by atoms with van der Waals surface area (Å²) in [6.07, 6.45) is 0.223. The van der Waals surface area contributed by atoms with Gasteiger partial charge in [-0.05, 0) is 27.2 Å². The Balaban J connectivity index is 3.57. The maximum Gasteiger partial charge on any atom is 0.234 e. The van der Waals surface area contributed by atoms with Gasteiger partial charge in [-0.3, -0.25) is 4.79 Å². The van der Waals surface area contributed by atoms with Crippen molar-refractivity contribution in [2.24, 2.45) is 0 Å². The molecule has 3 N–H and O–H groups in total. The zero-order valence-electron chi connectivity index (χ0n) is 9.55. The number of aliphatic hydroxyl groups is 1. The fourth-order valence-corrected chi connectivity index (χ4v) is 0.784. The summed E-state index contributed by atoms with van der Waals surface area (Å²) in [6.45, 7) is 8.51. The van der Waals surface area contributed by atoms with Gasteiger partial charge in [-0.25, -0.2) is 0 Å². The molecule has 0 aromatic carbocycles.